The topological polar surface area (TPSA) is 47.6 Å². The van der Waals surface area contributed by atoms with E-state index in [0.29, 0.717) is 5.75 Å². The highest BCUT2D eigenvalue weighted by Crippen LogP contribution is 2.15. The van der Waals surface area contributed by atoms with E-state index in [1.807, 2.05) is 6.07 Å². The van der Waals surface area contributed by atoms with Crippen LogP contribution in [0.15, 0.2) is 54.6 Å². The van der Waals surface area contributed by atoms with Gasteiger partial charge in [-0.05, 0) is 29.8 Å². The average molecular weight is 293 g/mol. The second kappa shape index (κ2) is 7.23. The number of amides is 1. The maximum atomic E-state index is 12.0. The Morgan fingerprint density at radius 3 is 2.29 bits per heavy atom. The molecule has 1 amide bonds. The van der Waals surface area contributed by atoms with E-state index in [0.717, 1.165) is 5.56 Å². The van der Waals surface area contributed by atoms with Gasteiger partial charge in [-0.2, -0.15) is 8.78 Å². The molecule has 0 aliphatic carbocycles. The zero-order chi connectivity index (χ0) is 15.1. The summed E-state index contributed by atoms with van der Waals surface area (Å²) in [7, 11) is 0. The highest BCUT2D eigenvalue weighted by atomic mass is 19.3. The second-order valence-corrected chi connectivity index (χ2v) is 4.08. The van der Waals surface area contributed by atoms with Crippen LogP contribution in [-0.2, 0) is 6.54 Å². The molecule has 0 aliphatic heterocycles. The van der Waals surface area contributed by atoms with Crippen LogP contribution >= 0.6 is 0 Å². The Labute approximate surface area is 120 Å². The molecular weight excluding hydrogens is 280 g/mol. The van der Waals surface area contributed by atoms with Crippen molar-refractivity contribution < 1.29 is 23.0 Å². The summed E-state index contributed by atoms with van der Waals surface area (Å²) in [5.74, 6) is 0.510. The number of benzene rings is 2. The van der Waals surface area contributed by atoms with Gasteiger partial charge in [0.15, 0.2) is 0 Å². The van der Waals surface area contributed by atoms with Crippen molar-refractivity contribution >= 4 is 6.09 Å². The molecule has 0 aliphatic rings. The molecule has 0 radical (unpaired) electrons. The van der Waals surface area contributed by atoms with Gasteiger partial charge < -0.3 is 14.8 Å². The average Bonchev–Trinajstić information content (AvgIpc) is 2.47. The van der Waals surface area contributed by atoms with Crippen molar-refractivity contribution in [3.63, 3.8) is 0 Å². The van der Waals surface area contributed by atoms with Gasteiger partial charge in [0.2, 0.25) is 0 Å². The van der Waals surface area contributed by atoms with Gasteiger partial charge >= 0.3 is 12.7 Å². The summed E-state index contributed by atoms with van der Waals surface area (Å²) in [6.45, 7) is -2.63. The van der Waals surface area contributed by atoms with Crippen LogP contribution in [0, 0.1) is 0 Å². The van der Waals surface area contributed by atoms with E-state index in [-0.39, 0.29) is 12.3 Å². The molecule has 6 heteroatoms. The Morgan fingerprint density at radius 1 is 1.00 bits per heavy atom. The van der Waals surface area contributed by atoms with Gasteiger partial charge in [0.1, 0.15) is 11.5 Å². The number of rotatable bonds is 5. The lowest BCUT2D eigenvalue weighted by atomic mass is 10.2. The van der Waals surface area contributed by atoms with Gasteiger partial charge in [-0.15, -0.1) is 0 Å². The molecule has 0 aromatic heterocycles. The molecule has 21 heavy (non-hydrogen) atoms. The Balaban J connectivity index is 1.81. The third-order valence-electron chi connectivity index (χ3n) is 2.54. The molecule has 0 saturated heterocycles. The lowest BCUT2D eigenvalue weighted by Gasteiger charge is -2.08. The molecule has 4 nitrogen and oxygen atoms in total. The standard InChI is InChI=1S/C15H13F2NO3/c16-14(17)20-13-8-6-11(7-9-13)10-18-15(19)21-12-4-2-1-3-5-12/h1-9,14H,10H2,(H,18,19). The minimum absolute atomic E-state index is 0.0700. The number of carbonyl (C=O) groups excluding carboxylic acids is 1. The van der Waals surface area contributed by atoms with Crippen molar-refractivity contribution in [3.05, 3.63) is 60.2 Å². The largest absolute Gasteiger partial charge is 0.435 e. The number of hydrogen-bond acceptors (Lipinski definition) is 3. The molecule has 0 saturated carbocycles. The van der Waals surface area contributed by atoms with Crippen molar-refractivity contribution in [1.29, 1.82) is 0 Å². The number of halogens is 2. The fourth-order valence-electron chi connectivity index (χ4n) is 1.59. The van der Waals surface area contributed by atoms with E-state index in [4.69, 9.17) is 4.74 Å². The zero-order valence-electron chi connectivity index (χ0n) is 11.0. The van der Waals surface area contributed by atoms with Crippen LogP contribution in [0.4, 0.5) is 13.6 Å². The van der Waals surface area contributed by atoms with Crippen LogP contribution in [0.25, 0.3) is 0 Å². The van der Waals surface area contributed by atoms with Crippen LogP contribution in [0.5, 0.6) is 11.5 Å². The highest BCUT2D eigenvalue weighted by molar-refractivity contribution is 5.70. The minimum atomic E-state index is -2.85. The highest BCUT2D eigenvalue weighted by Gasteiger charge is 2.05. The summed E-state index contributed by atoms with van der Waals surface area (Å²) >= 11 is 0. The number of alkyl halides is 2. The Kier molecular flexibility index (Phi) is 5.09. The van der Waals surface area contributed by atoms with Gasteiger partial charge in [-0.25, -0.2) is 4.79 Å². The van der Waals surface area contributed by atoms with Crippen LogP contribution in [0.1, 0.15) is 5.56 Å². The predicted molar refractivity (Wildman–Crippen MR) is 72.4 cm³/mol. The smallest absolute Gasteiger partial charge is 0.412 e. The molecule has 0 heterocycles. The first-order valence-corrected chi connectivity index (χ1v) is 6.18. The van der Waals surface area contributed by atoms with Crippen molar-refractivity contribution in [2.45, 2.75) is 13.2 Å². The lowest BCUT2D eigenvalue weighted by molar-refractivity contribution is -0.0498. The number of carbonyl (C=O) groups is 1. The summed E-state index contributed by atoms with van der Waals surface area (Å²) in [4.78, 5) is 11.5. The lowest BCUT2D eigenvalue weighted by Crippen LogP contribution is -2.26. The maximum absolute atomic E-state index is 12.0. The van der Waals surface area contributed by atoms with Crippen LogP contribution in [-0.4, -0.2) is 12.7 Å². The van der Waals surface area contributed by atoms with Gasteiger partial charge in [0.05, 0.1) is 0 Å². The molecule has 110 valence electrons. The molecule has 0 spiro atoms. The molecule has 0 bridgehead atoms. The molecule has 2 rings (SSSR count). The summed E-state index contributed by atoms with van der Waals surface area (Å²) in [5, 5.41) is 2.56. The molecule has 2 aromatic carbocycles. The molecule has 0 fully saturated rings. The molecular formula is C15H13F2NO3. The normalized spacial score (nSPS) is 10.2. The maximum Gasteiger partial charge on any atom is 0.412 e. The van der Waals surface area contributed by atoms with Crippen LogP contribution < -0.4 is 14.8 Å². The van der Waals surface area contributed by atoms with Crippen molar-refractivity contribution in [3.8, 4) is 11.5 Å². The minimum Gasteiger partial charge on any atom is -0.435 e. The van der Waals surface area contributed by atoms with Crippen molar-refractivity contribution in [2.75, 3.05) is 0 Å². The Hall–Kier alpha value is -2.63. The summed E-state index contributed by atoms with van der Waals surface area (Å²) in [6, 6.07) is 14.6. The number of para-hydroxylation sites is 1. The second-order valence-electron chi connectivity index (χ2n) is 4.08. The monoisotopic (exact) mass is 293 g/mol. The van der Waals surface area contributed by atoms with E-state index in [2.05, 4.69) is 10.1 Å². The third-order valence-corrected chi connectivity index (χ3v) is 2.54. The van der Waals surface area contributed by atoms with E-state index < -0.39 is 12.7 Å². The first-order chi connectivity index (χ1) is 10.1. The van der Waals surface area contributed by atoms with Crippen LogP contribution in [0.3, 0.4) is 0 Å². The van der Waals surface area contributed by atoms with Crippen LogP contribution in [0.2, 0.25) is 0 Å². The van der Waals surface area contributed by atoms with Gasteiger partial charge in [-0.3, -0.25) is 0 Å². The predicted octanol–water partition coefficient (Wildman–Crippen LogP) is 3.58. The number of ether oxygens (including phenoxy) is 2. The summed E-state index contributed by atoms with van der Waals surface area (Å²) in [6.07, 6.45) is -0.589. The fraction of sp³-hybridized carbons (Fsp3) is 0.133. The Bertz CT molecular complexity index is 573. The quantitative estimate of drug-likeness (QED) is 0.916. The first kappa shape index (κ1) is 14.8. The molecule has 2 aromatic rings. The van der Waals surface area contributed by atoms with E-state index in [1.54, 1.807) is 36.4 Å². The molecule has 0 unspecified atom stereocenters. The van der Waals surface area contributed by atoms with Gasteiger partial charge in [0.25, 0.3) is 0 Å². The molecule has 1 N–H and O–H groups in total. The van der Waals surface area contributed by atoms with Gasteiger partial charge in [0, 0.05) is 6.54 Å². The van der Waals surface area contributed by atoms with Gasteiger partial charge in [-0.1, -0.05) is 30.3 Å². The first-order valence-electron chi connectivity index (χ1n) is 6.18. The summed E-state index contributed by atoms with van der Waals surface area (Å²) in [5.41, 5.74) is 0.738. The SMILES string of the molecule is O=C(NCc1ccc(OC(F)F)cc1)Oc1ccccc1. The number of hydrogen-bond donors (Lipinski definition) is 1. The number of nitrogens with one attached hydrogen (secondary N) is 1. The van der Waals surface area contributed by atoms with Crippen molar-refractivity contribution in [2.24, 2.45) is 0 Å². The zero-order valence-corrected chi connectivity index (χ0v) is 11.0. The Morgan fingerprint density at radius 2 is 1.67 bits per heavy atom. The fourth-order valence-corrected chi connectivity index (χ4v) is 1.59. The van der Waals surface area contributed by atoms with E-state index in [1.165, 1.54) is 12.1 Å². The van der Waals surface area contributed by atoms with E-state index in [9.17, 15) is 13.6 Å². The summed E-state index contributed by atoms with van der Waals surface area (Å²) < 4.78 is 33.2. The molecule has 0 atom stereocenters. The third kappa shape index (κ3) is 5.10. The van der Waals surface area contributed by atoms with Crippen molar-refractivity contribution in [1.82, 2.24) is 5.32 Å². The van der Waals surface area contributed by atoms with E-state index >= 15 is 0 Å².